The molecule has 0 aromatic heterocycles. The van der Waals surface area contributed by atoms with Gasteiger partial charge in [0.15, 0.2) is 0 Å². The topological polar surface area (TPSA) is 73.1 Å². The van der Waals surface area contributed by atoms with Crippen LogP contribution in [0.25, 0.3) is 0 Å². The van der Waals surface area contributed by atoms with Crippen LogP contribution in [0.15, 0.2) is 16.8 Å². The molecule has 4 rings (SSSR count). The SMILES string of the molecule is CC(C)CCC[C@@H](C)[C@H]1C/C(=N\O)[C@@]2(CO)C3=CC[C@H]4C(C)(C)[C@@H](O)CC[C@]4(C)[C@H]3CC[C@]12C. The minimum absolute atomic E-state index is 0.0349. The van der Waals surface area contributed by atoms with Crippen LogP contribution in [0.4, 0.5) is 0 Å². The number of aliphatic hydroxyl groups excluding tert-OH is 2. The normalized spacial score (nSPS) is 45.5. The first-order valence-electron chi connectivity index (χ1n) is 14.1. The number of oxime groups is 1. The Balaban J connectivity index is 1.74. The third-order valence-corrected chi connectivity index (χ3v) is 11.9. The van der Waals surface area contributed by atoms with Crippen molar-refractivity contribution in [3.8, 4) is 0 Å². The van der Waals surface area contributed by atoms with Gasteiger partial charge in [-0.1, -0.05) is 84.5 Å². The largest absolute Gasteiger partial charge is 0.411 e. The molecule has 0 unspecified atom stereocenters. The standard InChI is InChI=1S/C30H51NO3/c1-19(2)9-8-10-20(3)23-17-25(31-34)30(18-32)22-11-12-24-27(4,5)26(33)14-15-28(24,6)21(22)13-16-29(23,30)7/h11,19-21,23-24,26,32-34H,8-10,12-18H2,1-7H3/b31-25+/t20-,21+,23-,24+,26+,28-,29-,30-/m1/s1. The van der Waals surface area contributed by atoms with Crippen LogP contribution in [-0.2, 0) is 0 Å². The van der Waals surface area contributed by atoms with Crippen molar-refractivity contribution in [1.82, 2.24) is 0 Å². The number of allylic oxidation sites excluding steroid dienone is 1. The molecule has 0 aromatic rings. The molecule has 0 saturated heterocycles. The second-order valence-electron chi connectivity index (χ2n) is 14.1. The van der Waals surface area contributed by atoms with E-state index < -0.39 is 5.41 Å². The Hall–Kier alpha value is -0.870. The van der Waals surface area contributed by atoms with Crippen LogP contribution in [0.5, 0.6) is 0 Å². The summed E-state index contributed by atoms with van der Waals surface area (Å²) < 4.78 is 0. The molecule has 4 aliphatic rings. The maximum Gasteiger partial charge on any atom is 0.0704 e. The summed E-state index contributed by atoms with van der Waals surface area (Å²) in [6.07, 6.45) is 11.7. The molecule has 194 valence electrons. The molecule has 0 amide bonds. The quantitative estimate of drug-likeness (QED) is 0.225. The van der Waals surface area contributed by atoms with Crippen molar-refractivity contribution in [3.63, 3.8) is 0 Å². The Morgan fingerprint density at radius 3 is 2.38 bits per heavy atom. The maximum absolute atomic E-state index is 11.2. The molecule has 0 spiro atoms. The minimum atomic E-state index is -0.546. The van der Waals surface area contributed by atoms with Crippen LogP contribution >= 0.6 is 0 Å². The lowest BCUT2D eigenvalue weighted by atomic mass is 9.40. The van der Waals surface area contributed by atoms with Gasteiger partial charge in [-0.15, -0.1) is 0 Å². The Morgan fingerprint density at radius 1 is 1.06 bits per heavy atom. The van der Waals surface area contributed by atoms with Gasteiger partial charge in [-0.3, -0.25) is 0 Å². The highest BCUT2D eigenvalue weighted by Crippen LogP contribution is 2.72. The number of nitrogens with zero attached hydrogens (tertiary/aromatic N) is 1. The average Bonchev–Trinajstić information content (AvgIpc) is 3.05. The molecule has 3 N–H and O–H groups in total. The Bertz CT molecular complexity index is 831. The summed E-state index contributed by atoms with van der Waals surface area (Å²) in [6, 6.07) is 0. The molecule has 0 bridgehead atoms. The minimum Gasteiger partial charge on any atom is -0.411 e. The van der Waals surface area contributed by atoms with Gasteiger partial charge in [-0.2, -0.15) is 0 Å². The van der Waals surface area contributed by atoms with Crippen LogP contribution in [0.2, 0.25) is 0 Å². The highest BCUT2D eigenvalue weighted by atomic mass is 16.4. The van der Waals surface area contributed by atoms with Gasteiger partial charge in [0.1, 0.15) is 0 Å². The van der Waals surface area contributed by atoms with Crippen molar-refractivity contribution in [1.29, 1.82) is 0 Å². The lowest BCUT2D eigenvalue weighted by Crippen LogP contribution is -2.60. The van der Waals surface area contributed by atoms with Crippen molar-refractivity contribution in [2.45, 2.75) is 112 Å². The molecule has 3 fully saturated rings. The van der Waals surface area contributed by atoms with Gasteiger partial charge in [0, 0.05) is 0 Å². The predicted molar refractivity (Wildman–Crippen MR) is 139 cm³/mol. The van der Waals surface area contributed by atoms with E-state index in [2.05, 4.69) is 59.7 Å². The van der Waals surface area contributed by atoms with Crippen molar-refractivity contribution < 1.29 is 15.4 Å². The zero-order chi connectivity index (χ0) is 25.1. The molecule has 0 heterocycles. The molecular formula is C30H51NO3. The fraction of sp³-hybridized carbons (Fsp3) is 0.900. The summed E-state index contributed by atoms with van der Waals surface area (Å²) in [4.78, 5) is 0. The zero-order valence-electron chi connectivity index (χ0n) is 22.9. The van der Waals surface area contributed by atoms with Crippen molar-refractivity contribution in [2.24, 2.45) is 56.4 Å². The third kappa shape index (κ3) is 3.48. The summed E-state index contributed by atoms with van der Waals surface area (Å²) in [5, 5.41) is 36.2. The summed E-state index contributed by atoms with van der Waals surface area (Å²) in [5.74, 6) is 2.51. The second kappa shape index (κ2) is 8.91. The Kier molecular flexibility index (Phi) is 6.86. The summed E-state index contributed by atoms with van der Waals surface area (Å²) in [7, 11) is 0. The zero-order valence-corrected chi connectivity index (χ0v) is 22.9. The summed E-state index contributed by atoms with van der Waals surface area (Å²) >= 11 is 0. The van der Waals surface area contributed by atoms with Crippen LogP contribution in [-0.4, -0.2) is 33.8 Å². The Labute approximate surface area is 208 Å². The molecule has 4 aliphatic carbocycles. The smallest absolute Gasteiger partial charge is 0.0704 e. The van der Waals surface area contributed by atoms with Crippen LogP contribution < -0.4 is 0 Å². The lowest BCUT2D eigenvalue weighted by molar-refractivity contribution is -0.132. The third-order valence-electron chi connectivity index (χ3n) is 11.9. The highest BCUT2D eigenvalue weighted by molar-refractivity contribution is 5.96. The molecule has 34 heavy (non-hydrogen) atoms. The molecule has 0 aliphatic heterocycles. The summed E-state index contributed by atoms with van der Waals surface area (Å²) in [5.41, 5.74) is 1.55. The van der Waals surface area contributed by atoms with Crippen molar-refractivity contribution >= 4 is 5.71 Å². The van der Waals surface area contributed by atoms with E-state index in [0.29, 0.717) is 23.7 Å². The van der Waals surface area contributed by atoms with Crippen LogP contribution in [0.3, 0.4) is 0 Å². The predicted octanol–water partition coefficient (Wildman–Crippen LogP) is 6.83. The highest BCUT2D eigenvalue weighted by Gasteiger charge is 2.69. The Morgan fingerprint density at radius 2 is 1.76 bits per heavy atom. The summed E-state index contributed by atoms with van der Waals surface area (Å²) in [6.45, 7) is 16.4. The van der Waals surface area contributed by atoms with E-state index in [4.69, 9.17) is 0 Å². The number of hydrogen-bond acceptors (Lipinski definition) is 4. The number of fused-ring (bicyclic) bond motifs is 5. The van der Waals surface area contributed by atoms with Gasteiger partial charge in [-0.05, 0) is 84.4 Å². The second-order valence-corrected chi connectivity index (χ2v) is 14.1. The monoisotopic (exact) mass is 473 g/mol. The average molecular weight is 474 g/mol. The van der Waals surface area contributed by atoms with Crippen molar-refractivity contribution in [2.75, 3.05) is 6.61 Å². The van der Waals surface area contributed by atoms with Crippen molar-refractivity contribution in [3.05, 3.63) is 11.6 Å². The van der Waals surface area contributed by atoms with Gasteiger partial charge >= 0.3 is 0 Å². The molecule has 0 aromatic carbocycles. The molecule has 4 nitrogen and oxygen atoms in total. The van der Waals surface area contributed by atoms with Gasteiger partial charge in [-0.25, -0.2) is 0 Å². The van der Waals surface area contributed by atoms with E-state index >= 15 is 0 Å². The number of rotatable bonds is 6. The molecule has 0 radical (unpaired) electrons. The van der Waals surface area contributed by atoms with Crippen LogP contribution in [0, 0.1) is 51.2 Å². The fourth-order valence-electron chi connectivity index (χ4n) is 9.73. The first-order chi connectivity index (χ1) is 15.9. The van der Waals surface area contributed by atoms with E-state index in [9.17, 15) is 15.4 Å². The van der Waals surface area contributed by atoms with E-state index in [1.54, 1.807) is 0 Å². The van der Waals surface area contributed by atoms with E-state index in [1.165, 1.54) is 24.8 Å². The van der Waals surface area contributed by atoms with E-state index in [-0.39, 0.29) is 29.0 Å². The lowest BCUT2D eigenvalue weighted by Gasteiger charge is -2.64. The van der Waals surface area contributed by atoms with Gasteiger partial charge in [0.2, 0.25) is 0 Å². The first kappa shape index (κ1) is 26.2. The van der Waals surface area contributed by atoms with E-state index in [0.717, 1.165) is 50.2 Å². The molecule has 8 atom stereocenters. The number of aliphatic hydroxyl groups is 2. The first-order valence-corrected chi connectivity index (χ1v) is 14.1. The maximum atomic E-state index is 11.2. The molecule has 4 heteroatoms. The number of hydrogen-bond donors (Lipinski definition) is 3. The molecular weight excluding hydrogens is 422 g/mol. The van der Waals surface area contributed by atoms with Gasteiger partial charge in [0.25, 0.3) is 0 Å². The molecule has 3 saturated carbocycles. The van der Waals surface area contributed by atoms with Crippen LogP contribution in [0.1, 0.15) is 106 Å². The van der Waals surface area contributed by atoms with E-state index in [1.807, 2.05) is 0 Å². The van der Waals surface area contributed by atoms with Gasteiger partial charge in [0.05, 0.1) is 23.8 Å². The van der Waals surface area contributed by atoms with Gasteiger partial charge < -0.3 is 15.4 Å². The fourth-order valence-corrected chi connectivity index (χ4v) is 9.73.